The van der Waals surface area contributed by atoms with Crippen LogP contribution in [0.1, 0.15) is 5.56 Å². The molecule has 0 aromatic heterocycles. The SMILES string of the molecule is COc1ccc(N=Cc2ccccc2O)cc1.[Co]. The van der Waals surface area contributed by atoms with Gasteiger partial charge in [0.05, 0.1) is 12.8 Å². The molecule has 0 amide bonds. The van der Waals surface area contributed by atoms with E-state index in [1.165, 1.54) is 0 Å². The molecule has 2 rings (SSSR count). The number of hydrogen-bond donors (Lipinski definition) is 1. The van der Waals surface area contributed by atoms with Crippen LogP contribution in [0.5, 0.6) is 11.5 Å². The molecule has 1 N–H and O–H groups in total. The Morgan fingerprint density at radius 3 is 2.33 bits per heavy atom. The zero-order valence-electron chi connectivity index (χ0n) is 9.83. The van der Waals surface area contributed by atoms with Crippen LogP contribution in [0.15, 0.2) is 53.5 Å². The first-order valence-electron chi connectivity index (χ1n) is 5.26. The van der Waals surface area contributed by atoms with Gasteiger partial charge in [0.2, 0.25) is 0 Å². The minimum atomic E-state index is 0. The van der Waals surface area contributed by atoms with Crippen molar-refractivity contribution in [2.24, 2.45) is 4.99 Å². The van der Waals surface area contributed by atoms with Crippen LogP contribution >= 0.6 is 0 Å². The van der Waals surface area contributed by atoms with Gasteiger partial charge >= 0.3 is 0 Å². The van der Waals surface area contributed by atoms with Crippen LogP contribution in [0, 0.1) is 0 Å². The number of aliphatic imine (C=N–C) groups is 1. The fourth-order valence-electron chi connectivity index (χ4n) is 1.41. The zero-order valence-corrected chi connectivity index (χ0v) is 10.9. The van der Waals surface area contributed by atoms with Crippen molar-refractivity contribution in [1.82, 2.24) is 0 Å². The van der Waals surface area contributed by atoms with Crippen molar-refractivity contribution < 1.29 is 26.6 Å². The van der Waals surface area contributed by atoms with Gasteiger partial charge in [0.25, 0.3) is 0 Å². The molecule has 0 unspecified atom stereocenters. The largest absolute Gasteiger partial charge is 0.507 e. The summed E-state index contributed by atoms with van der Waals surface area (Å²) in [6.45, 7) is 0. The summed E-state index contributed by atoms with van der Waals surface area (Å²) in [5, 5.41) is 9.56. The molecule has 3 nitrogen and oxygen atoms in total. The maximum Gasteiger partial charge on any atom is 0.124 e. The number of hydrogen-bond acceptors (Lipinski definition) is 3. The molecule has 18 heavy (non-hydrogen) atoms. The van der Waals surface area contributed by atoms with Crippen LogP contribution in [0.25, 0.3) is 0 Å². The molecular weight excluding hydrogens is 273 g/mol. The third kappa shape index (κ3) is 3.61. The molecule has 0 heterocycles. The Hall–Kier alpha value is -1.78. The summed E-state index contributed by atoms with van der Waals surface area (Å²) in [4.78, 5) is 4.27. The quantitative estimate of drug-likeness (QED) is 0.881. The van der Waals surface area contributed by atoms with E-state index in [4.69, 9.17) is 4.74 Å². The van der Waals surface area contributed by atoms with E-state index in [1.54, 1.807) is 25.5 Å². The molecule has 0 bridgehead atoms. The molecule has 0 atom stereocenters. The van der Waals surface area contributed by atoms with Crippen LogP contribution in [-0.2, 0) is 16.8 Å². The predicted molar refractivity (Wildman–Crippen MR) is 68.4 cm³/mol. The number of ether oxygens (including phenoxy) is 1. The Balaban J connectivity index is 0.00000162. The Kier molecular flexibility index (Phi) is 5.42. The normalized spacial score (nSPS) is 10.1. The maximum absolute atomic E-state index is 9.56. The molecule has 4 heteroatoms. The predicted octanol–water partition coefficient (Wildman–Crippen LogP) is 3.15. The van der Waals surface area contributed by atoms with Crippen molar-refractivity contribution in [3.8, 4) is 11.5 Å². The van der Waals surface area contributed by atoms with E-state index in [0.29, 0.717) is 5.56 Å². The van der Waals surface area contributed by atoms with Crippen molar-refractivity contribution >= 4 is 11.9 Å². The first-order valence-corrected chi connectivity index (χ1v) is 5.26. The van der Waals surface area contributed by atoms with Gasteiger partial charge in [0.1, 0.15) is 11.5 Å². The smallest absolute Gasteiger partial charge is 0.124 e. The number of phenolic OH excluding ortho intramolecular Hbond substituents is 1. The second-order valence-corrected chi connectivity index (χ2v) is 3.52. The van der Waals surface area contributed by atoms with Gasteiger partial charge in [-0.2, -0.15) is 0 Å². The molecule has 0 aliphatic carbocycles. The van der Waals surface area contributed by atoms with Crippen molar-refractivity contribution in [3.63, 3.8) is 0 Å². The molecule has 2 aromatic rings. The number of phenols is 1. The summed E-state index contributed by atoms with van der Waals surface area (Å²) in [7, 11) is 1.63. The summed E-state index contributed by atoms with van der Waals surface area (Å²) in [5.74, 6) is 1.02. The first kappa shape index (κ1) is 14.3. The number of aromatic hydroxyl groups is 1. The molecule has 2 aromatic carbocycles. The topological polar surface area (TPSA) is 41.8 Å². The van der Waals surface area contributed by atoms with Crippen LogP contribution in [0.2, 0.25) is 0 Å². The summed E-state index contributed by atoms with van der Waals surface area (Å²) in [6.07, 6.45) is 1.64. The molecule has 0 aliphatic heterocycles. The van der Waals surface area contributed by atoms with E-state index in [1.807, 2.05) is 36.4 Å². The van der Waals surface area contributed by atoms with Crippen molar-refractivity contribution in [2.45, 2.75) is 0 Å². The number of nitrogens with zero attached hydrogens (tertiary/aromatic N) is 1. The molecule has 0 saturated heterocycles. The Labute approximate surface area is 116 Å². The third-order valence-corrected chi connectivity index (χ3v) is 2.36. The average Bonchev–Trinajstić information content (AvgIpc) is 2.38. The monoisotopic (exact) mass is 286 g/mol. The van der Waals surface area contributed by atoms with Crippen LogP contribution < -0.4 is 4.74 Å². The van der Waals surface area contributed by atoms with Gasteiger partial charge in [-0.25, -0.2) is 0 Å². The standard InChI is InChI=1S/C14H13NO2.Co/c1-17-13-8-6-12(7-9-13)15-10-11-4-2-3-5-14(11)16;/h2-10,16H,1H3;. The minimum Gasteiger partial charge on any atom is -0.507 e. The fourth-order valence-corrected chi connectivity index (χ4v) is 1.41. The van der Waals surface area contributed by atoms with Gasteiger partial charge in [-0.05, 0) is 36.4 Å². The van der Waals surface area contributed by atoms with E-state index < -0.39 is 0 Å². The second kappa shape index (κ2) is 6.83. The van der Waals surface area contributed by atoms with Gasteiger partial charge in [-0.15, -0.1) is 0 Å². The van der Waals surface area contributed by atoms with E-state index in [-0.39, 0.29) is 22.5 Å². The third-order valence-electron chi connectivity index (χ3n) is 2.36. The average molecular weight is 286 g/mol. The van der Waals surface area contributed by atoms with E-state index in [9.17, 15) is 5.11 Å². The van der Waals surface area contributed by atoms with Crippen molar-refractivity contribution in [2.75, 3.05) is 7.11 Å². The molecular formula is C14H13CoNO2. The van der Waals surface area contributed by atoms with Crippen molar-refractivity contribution in [1.29, 1.82) is 0 Å². The van der Waals surface area contributed by atoms with Gasteiger partial charge in [-0.3, -0.25) is 4.99 Å². The number of para-hydroxylation sites is 1. The van der Waals surface area contributed by atoms with E-state index in [0.717, 1.165) is 11.4 Å². The zero-order chi connectivity index (χ0) is 12.1. The number of methoxy groups -OCH3 is 1. The first-order chi connectivity index (χ1) is 8.29. The summed E-state index contributed by atoms with van der Waals surface area (Å²) in [6, 6.07) is 14.5. The molecule has 0 aliphatic rings. The summed E-state index contributed by atoms with van der Waals surface area (Å²) < 4.78 is 5.06. The van der Waals surface area contributed by atoms with Gasteiger partial charge in [-0.1, -0.05) is 12.1 Å². The molecule has 95 valence electrons. The second-order valence-electron chi connectivity index (χ2n) is 3.52. The van der Waals surface area contributed by atoms with Gasteiger partial charge in [0.15, 0.2) is 0 Å². The fraction of sp³-hybridized carbons (Fsp3) is 0.0714. The van der Waals surface area contributed by atoms with Crippen LogP contribution in [-0.4, -0.2) is 18.4 Å². The molecule has 1 radical (unpaired) electrons. The van der Waals surface area contributed by atoms with Gasteiger partial charge < -0.3 is 9.84 Å². The van der Waals surface area contributed by atoms with Gasteiger partial charge in [0, 0.05) is 28.6 Å². The Morgan fingerprint density at radius 1 is 1.06 bits per heavy atom. The van der Waals surface area contributed by atoms with Crippen molar-refractivity contribution in [3.05, 3.63) is 54.1 Å². The molecule has 0 fully saturated rings. The number of rotatable bonds is 3. The summed E-state index contributed by atoms with van der Waals surface area (Å²) >= 11 is 0. The Bertz CT molecular complexity index is 524. The van der Waals surface area contributed by atoms with Crippen LogP contribution in [0.4, 0.5) is 5.69 Å². The number of benzene rings is 2. The van der Waals surface area contributed by atoms with Crippen LogP contribution in [0.3, 0.4) is 0 Å². The summed E-state index contributed by atoms with van der Waals surface area (Å²) in [5.41, 5.74) is 1.51. The van der Waals surface area contributed by atoms with E-state index >= 15 is 0 Å². The molecule has 0 saturated carbocycles. The molecule has 0 spiro atoms. The Morgan fingerprint density at radius 2 is 1.72 bits per heavy atom. The maximum atomic E-state index is 9.56. The minimum absolute atomic E-state index is 0. The van der Waals surface area contributed by atoms with E-state index in [2.05, 4.69) is 4.99 Å².